The first-order valence-corrected chi connectivity index (χ1v) is 7.78. The predicted molar refractivity (Wildman–Crippen MR) is 95.4 cm³/mol. The zero-order valence-corrected chi connectivity index (χ0v) is 13.7. The molecule has 120 valence electrons. The fourth-order valence-corrected chi connectivity index (χ4v) is 2.16. The Morgan fingerprint density at radius 1 is 1.17 bits per heavy atom. The molecule has 0 radical (unpaired) electrons. The Balaban J connectivity index is 1.68. The maximum Gasteiger partial charge on any atom is 0.244 e. The lowest BCUT2D eigenvalue weighted by atomic mass is 10.1. The Kier molecular flexibility index (Phi) is 6.36. The number of rotatable bonds is 7. The molecule has 0 aliphatic rings. The van der Waals surface area contributed by atoms with Crippen molar-refractivity contribution in [1.82, 2.24) is 10.3 Å². The molecule has 0 aliphatic carbocycles. The molecule has 1 heterocycles. The first kappa shape index (κ1) is 16.7. The Bertz CT molecular complexity index is 633. The fraction of sp³-hybridized carbons (Fsp3) is 0.263. The maximum atomic E-state index is 11.7. The number of nitrogens with zero attached hydrogens (tertiary/aromatic N) is 2. The van der Waals surface area contributed by atoms with Gasteiger partial charge in [0, 0.05) is 38.6 Å². The standard InChI is InChI=1S/C19H23N3O/c1-22(2)18-11-8-16(9-12-18)6-5-15-21-19(23)13-10-17-7-3-4-14-20-17/h3-4,7-14H,5-6,15H2,1-2H3,(H,21,23)/b13-10+. The van der Waals surface area contributed by atoms with Crippen LogP contribution in [0.3, 0.4) is 0 Å². The van der Waals surface area contributed by atoms with Crippen molar-refractivity contribution in [2.75, 3.05) is 25.5 Å². The Labute approximate surface area is 137 Å². The number of amides is 1. The minimum atomic E-state index is -0.0846. The average molecular weight is 309 g/mol. The zero-order valence-electron chi connectivity index (χ0n) is 13.7. The highest BCUT2D eigenvalue weighted by Gasteiger charge is 1.98. The number of pyridine rings is 1. The van der Waals surface area contributed by atoms with E-state index < -0.39 is 0 Å². The molecule has 0 saturated carbocycles. The lowest BCUT2D eigenvalue weighted by molar-refractivity contribution is -0.116. The number of carbonyl (C=O) groups is 1. The highest BCUT2D eigenvalue weighted by Crippen LogP contribution is 2.13. The van der Waals surface area contributed by atoms with Crippen molar-refractivity contribution in [3.8, 4) is 0 Å². The van der Waals surface area contributed by atoms with Crippen LogP contribution in [0.25, 0.3) is 6.08 Å². The Hall–Kier alpha value is -2.62. The van der Waals surface area contributed by atoms with E-state index in [2.05, 4.69) is 39.5 Å². The van der Waals surface area contributed by atoms with Crippen LogP contribution in [0, 0.1) is 0 Å². The third-order valence-corrected chi connectivity index (χ3v) is 3.49. The molecular formula is C19H23N3O. The van der Waals surface area contributed by atoms with Gasteiger partial charge in [-0.1, -0.05) is 18.2 Å². The molecule has 4 heteroatoms. The van der Waals surface area contributed by atoms with Gasteiger partial charge in [-0.2, -0.15) is 0 Å². The number of aromatic nitrogens is 1. The smallest absolute Gasteiger partial charge is 0.244 e. The van der Waals surface area contributed by atoms with Gasteiger partial charge < -0.3 is 10.2 Å². The van der Waals surface area contributed by atoms with Crippen LogP contribution in [0.15, 0.2) is 54.7 Å². The summed E-state index contributed by atoms with van der Waals surface area (Å²) in [5.74, 6) is -0.0846. The molecule has 1 aromatic carbocycles. The number of anilines is 1. The number of carbonyl (C=O) groups excluding carboxylic acids is 1. The summed E-state index contributed by atoms with van der Waals surface area (Å²) in [6.07, 6.45) is 6.82. The van der Waals surface area contributed by atoms with E-state index in [4.69, 9.17) is 0 Å². The number of nitrogens with one attached hydrogen (secondary N) is 1. The van der Waals surface area contributed by atoms with Crippen molar-refractivity contribution >= 4 is 17.7 Å². The number of benzene rings is 1. The summed E-state index contributed by atoms with van der Waals surface area (Å²) in [6.45, 7) is 0.667. The third kappa shape index (κ3) is 5.94. The van der Waals surface area contributed by atoms with Gasteiger partial charge >= 0.3 is 0 Å². The van der Waals surface area contributed by atoms with Gasteiger partial charge in [0.1, 0.15) is 0 Å². The van der Waals surface area contributed by atoms with E-state index >= 15 is 0 Å². The molecule has 2 rings (SSSR count). The van der Waals surface area contributed by atoms with Gasteiger partial charge in [-0.15, -0.1) is 0 Å². The van der Waals surface area contributed by atoms with Crippen LogP contribution >= 0.6 is 0 Å². The van der Waals surface area contributed by atoms with Crippen molar-refractivity contribution in [1.29, 1.82) is 0 Å². The van der Waals surface area contributed by atoms with Crippen LogP contribution in [0.2, 0.25) is 0 Å². The zero-order chi connectivity index (χ0) is 16.5. The highest BCUT2D eigenvalue weighted by atomic mass is 16.1. The van der Waals surface area contributed by atoms with Crippen LogP contribution < -0.4 is 10.2 Å². The average Bonchev–Trinajstić information content (AvgIpc) is 2.58. The van der Waals surface area contributed by atoms with Crippen LogP contribution in [0.1, 0.15) is 17.7 Å². The van der Waals surface area contributed by atoms with E-state index in [0.717, 1.165) is 18.5 Å². The SMILES string of the molecule is CN(C)c1ccc(CCCNC(=O)/C=C/c2ccccn2)cc1. The van der Waals surface area contributed by atoms with E-state index in [1.54, 1.807) is 12.3 Å². The summed E-state index contributed by atoms with van der Waals surface area (Å²) >= 11 is 0. The van der Waals surface area contributed by atoms with Gasteiger partial charge in [0.2, 0.25) is 5.91 Å². The molecule has 0 unspecified atom stereocenters. The highest BCUT2D eigenvalue weighted by molar-refractivity contribution is 5.91. The van der Waals surface area contributed by atoms with Crippen LogP contribution in [-0.4, -0.2) is 31.5 Å². The second-order valence-electron chi connectivity index (χ2n) is 5.54. The molecule has 23 heavy (non-hydrogen) atoms. The topological polar surface area (TPSA) is 45.2 Å². The quantitative estimate of drug-likeness (QED) is 0.632. The molecule has 0 aliphatic heterocycles. The fourth-order valence-electron chi connectivity index (χ4n) is 2.16. The first-order valence-electron chi connectivity index (χ1n) is 7.78. The first-order chi connectivity index (χ1) is 11.1. The van der Waals surface area contributed by atoms with Crippen molar-refractivity contribution in [3.63, 3.8) is 0 Å². The molecule has 0 atom stereocenters. The van der Waals surface area contributed by atoms with Crippen molar-refractivity contribution in [2.24, 2.45) is 0 Å². The van der Waals surface area contributed by atoms with Crippen LogP contribution in [0.5, 0.6) is 0 Å². The van der Waals surface area contributed by atoms with Gasteiger partial charge in [-0.25, -0.2) is 0 Å². The normalized spacial score (nSPS) is 10.7. The van der Waals surface area contributed by atoms with Gasteiger partial charge in [0.15, 0.2) is 0 Å². The van der Waals surface area contributed by atoms with E-state index in [1.165, 1.54) is 17.3 Å². The van der Waals surface area contributed by atoms with Gasteiger partial charge in [0.05, 0.1) is 5.69 Å². The molecule has 0 spiro atoms. The van der Waals surface area contributed by atoms with Crippen molar-refractivity contribution in [2.45, 2.75) is 12.8 Å². The van der Waals surface area contributed by atoms with E-state index in [0.29, 0.717) is 6.54 Å². The predicted octanol–water partition coefficient (Wildman–Crippen LogP) is 2.91. The third-order valence-electron chi connectivity index (χ3n) is 3.49. The van der Waals surface area contributed by atoms with Crippen molar-refractivity contribution in [3.05, 3.63) is 66.0 Å². The summed E-state index contributed by atoms with van der Waals surface area (Å²) in [7, 11) is 4.06. The minimum absolute atomic E-state index is 0.0846. The summed E-state index contributed by atoms with van der Waals surface area (Å²) in [4.78, 5) is 17.9. The van der Waals surface area contributed by atoms with E-state index in [1.807, 2.05) is 32.3 Å². The van der Waals surface area contributed by atoms with Gasteiger partial charge in [-0.3, -0.25) is 9.78 Å². The summed E-state index contributed by atoms with van der Waals surface area (Å²) in [6, 6.07) is 14.1. The second kappa shape index (κ2) is 8.73. The molecule has 1 N–H and O–H groups in total. The molecule has 1 amide bonds. The van der Waals surface area contributed by atoms with E-state index in [9.17, 15) is 4.79 Å². The minimum Gasteiger partial charge on any atom is -0.378 e. The molecule has 0 saturated heterocycles. The second-order valence-corrected chi connectivity index (χ2v) is 5.54. The number of hydrogen-bond acceptors (Lipinski definition) is 3. The maximum absolute atomic E-state index is 11.7. The number of hydrogen-bond donors (Lipinski definition) is 1. The van der Waals surface area contributed by atoms with Gasteiger partial charge in [0.25, 0.3) is 0 Å². The largest absolute Gasteiger partial charge is 0.378 e. The molecule has 4 nitrogen and oxygen atoms in total. The van der Waals surface area contributed by atoms with Gasteiger partial charge in [-0.05, 0) is 48.7 Å². The summed E-state index contributed by atoms with van der Waals surface area (Å²) in [5.41, 5.74) is 3.26. The van der Waals surface area contributed by atoms with Crippen molar-refractivity contribution < 1.29 is 4.79 Å². The Morgan fingerprint density at radius 3 is 2.61 bits per heavy atom. The molecule has 0 fully saturated rings. The van der Waals surface area contributed by atoms with Crippen LogP contribution in [0.4, 0.5) is 5.69 Å². The molecule has 0 bridgehead atoms. The molecule has 1 aromatic heterocycles. The Morgan fingerprint density at radius 2 is 1.96 bits per heavy atom. The van der Waals surface area contributed by atoms with E-state index in [-0.39, 0.29) is 5.91 Å². The molecule has 2 aromatic rings. The lowest BCUT2D eigenvalue weighted by Crippen LogP contribution is -2.22. The monoisotopic (exact) mass is 309 g/mol. The molecular weight excluding hydrogens is 286 g/mol. The lowest BCUT2D eigenvalue weighted by Gasteiger charge is -2.12. The summed E-state index contributed by atoms with van der Waals surface area (Å²) in [5, 5.41) is 2.89. The van der Waals surface area contributed by atoms with Crippen LogP contribution in [-0.2, 0) is 11.2 Å². The number of aryl methyl sites for hydroxylation is 1. The summed E-state index contributed by atoms with van der Waals surface area (Å²) < 4.78 is 0.